The highest BCUT2D eigenvalue weighted by atomic mass is 32.1. The van der Waals surface area contributed by atoms with E-state index < -0.39 is 8.07 Å². The van der Waals surface area contributed by atoms with Crippen LogP contribution in [0.1, 0.15) is 0 Å². The van der Waals surface area contributed by atoms with Crippen LogP contribution in [-0.2, 0) is 0 Å². The largest absolute Gasteiger partial charge is 0.311 e. The Balaban J connectivity index is 1.16. The maximum Gasteiger partial charge on any atom is 0.180 e. The fourth-order valence-corrected chi connectivity index (χ4v) is 15.5. The molecule has 10 aromatic rings. The fraction of sp³-hybridized carbons (Fsp3) is 0. The molecule has 11 rings (SSSR count). The normalized spacial score (nSPS) is 12.6. The zero-order valence-electron chi connectivity index (χ0n) is 31.7. The molecule has 1 aromatic heterocycles. The van der Waals surface area contributed by atoms with Crippen LogP contribution in [-0.4, -0.2) is 8.07 Å². The lowest BCUT2D eigenvalue weighted by Gasteiger charge is -2.33. The van der Waals surface area contributed by atoms with Gasteiger partial charge in [0, 0.05) is 54.3 Å². The van der Waals surface area contributed by atoms with Crippen LogP contribution >= 0.6 is 11.3 Å². The Labute approximate surface area is 344 Å². The number of benzene rings is 9. The van der Waals surface area contributed by atoms with Gasteiger partial charge in [-0.3, -0.25) is 0 Å². The molecule has 9 aromatic carbocycles. The molecule has 0 fully saturated rings. The summed E-state index contributed by atoms with van der Waals surface area (Å²) in [6.07, 6.45) is 0. The second kappa shape index (κ2) is 14.2. The van der Waals surface area contributed by atoms with Crippen LogP contribution in [0, 0.1) is 0 Å². The molecule has 1 aliphatic heterocycles. The maximum atomic E-state index is 2.51. The summed E-state index contributed by atoms with van der Waals surface area (Å²) in [5.74, 6) is 0. The van der Waals surface area contributed by atoms with Gasteiger partial charge in [-0.1, -0.05) is 152 Å². The summed E-state index contributed by atoms with van der Waals surface area (Å²) in [6.45, 7) is 0. The minimum Gasteiger partial charge on any atom is -0.311 e. The molecule has 0 bridgehead atoms. The predicted octanol–water partition coefficient (Wildman–Crippen LogP) is 12.4. The SMILES string of the molecule is c1ccc(N(c2ccccc2)c2ccc3c(c2)[Si](c2ccccc2)(c2ccccc2)c2ccc(N(c4ccccc4)c4ccc5c(c4)sc4ccccc45)cc2-3)cc1. The monoisotopic (exact) mass is 774 g/mol. The molecule has 0 unspecified atom stereocenters. The summed E-state index contributed by atoms with van der Waals surface area (Å²) in [6, 6.07) is 85.1. The Morgan fingerprint density at radius 2 is 0.741 bits per heavy atom. The number of hydrogen-bond acceptors (Lipinski definition) is 3. The highest BCUT2D eigenvalue weighted by Gasteiger charge is 2.49. The van der Waals surface area contributed by atoms with E-state index in [1.165, 1.54) is 52.0 Å². The van der Waals surface area contributed by atoms with Crippen LogP contribution in [0.5, 0.6) is 0 Å². The van der Waals surface area contributed by atoms with E-state index in [4.69, 9.17) is 0 Å². The Hall–Kier alpha value is -6.98. The molecule has 0 atom stereocenters. The van der Waals surface area contributed by atoms with Gasteiger partial charge in [-0.15, -0.1) is 11.3 Å². The molecule has 0 radical (unpaired) electrons. The van der Waals surface area contributed by atoms with Gasteiger partial charge in [-0.25, -0.2) is 0 Å². The molecule has 0 spiro atoms. The van der Waals surface area contributed by atoms with Crippen LogP contribution < -0.4 is 30.5 Å². The van der Waals surface area contributed by atoms with Crippen molar-refractivity contribution in [1.29, 1.82) is 0 Å². The van der Waals surface area contributed by atoms with E-state index in [9.17, 15) is 0 Å². The molecule has 58 heavy (non-hydrogen) atoms. The maximum absolute atomic E-state index is 2.82. The first-order valence-corrected chi connectivity index (χ1v) is 22.7. The smallest absolute Gasteiger partial charge is 0.180 e. The second-order valence-electron chi connectivity index (χ2n) is 14.9. The van der Waals surface area contributed by atoms with Crippen molar-refractivity contribution < 1.29 is 0 Å². The summed E-state index contributed by atoms with van der Waals surface area (Å²) in [7, 11) is -2.82. The number of hydrogen-bond donors (Lipinski definition) is 0. The third-order valence-corrected chi connectivity index (χ3v) is 17.7. The van der Waals surface area contributed by atoms with Crippen molar-refractivity contribution >= 4 is 94.5 Å². The van der Waals surface area contributed by atoms with Gasteiger partial charge in [0.05, 0.1) is 0 Å². The van der Waals surface area contributed by atoms with Gasteiger partial charge >= 0.3 is 0 Å². The van der Waals surface area contributed by atoms with E-state index in [1.807, 2.05) is 11.3 Å². The van der Waals surface area contributed by atoms with Gasteiger partial charge in [-0.05, 0) is 111 Å². The van der Waals surface area contributed by atoms with Crippen molar-refractivity contribution in [3.8, 4) is 11.1 Å². The number of anilines is 6. The number of thiophene rings is 1. The van der Waals surface area contributed by atoms with Gasteiger partial charge in [0.25, 0.3) is 0 Å². The molecule has 4 heteroatoms. The molecule has 2 heterocycles. The Bertz CT molecular complexity index is 2980. The van der Waals surface area contributed by atoms with Crippen molar-refractivity contribution in [3.63, 3.8) is 0 Å². The van der Waals surface area contributed by atoms with E-state index in [2.05, 4.69) is 240 Å². The van der Waals surface area contributed by atoms with Crippen LogP contribution in [0.25, 0.3) is 31.3 Å². The van der Waals surface area contributed by atoms with Crippen molar-refractivity contribution in [3.05, 3.63) is 231 Å². The number of nitrogens with zero attached hydrogens (tertiary/aromatic N) is 2. The third-order valence-electron chi connectivity index (χ3n) is 11.7. The quantitative estimate of drug-likeness (QED) is 0.142. The van der Waals surface area contributed by atoms with Crippen LogP contribution in [0.4, 0.5) is 34.1 Å². The van der Waals surface area contributed by atoms with Crippen molar-refractivity contribution in [2.24, 2.45) is 0 Å². The summed E-state index contributed by atoms with van der Waals surface area (Å²) in [5.41, 5.74) is 9.43. The summed E-state index contributed by atoms with van der Waals surface area (Å²) >= 11 is 1.86. The van der Waals surface area contributed by atoms with E-state index in [1.54, 1.807) is 0 Å². The Kier molecular flexibility index (Phi) is 8.39. The molecular formula is C54H38N2SSi. The Morgan fingerprint density at radius 1 is 0.293 bits per heavy atom. The highest BCUT2D eigenvalue weighted by Crippen LogP contribution is 2.43. The molecule has 1 aliphatic rings. The lowest BCUT2D eigenvalue weighted by molar-refractivity contribution is 1.29. The number of fused-ring (bicyclic) bond motifs is 6. The van der Waals surface area contributed by atoms with Crippen molar-refractivity contribution in [2.45, 2.75) is 0 Å². The van der Waals surface area contributed by atoms with E-state index >= 15 is 0 Å². The fourth-order valence-electron chi connectivity index (χ4n) is 9.23. The molecule has 274 valence electrons. The molecule has 0 N–H and O–H groups in total. The standard InChI is InChI=1S/C54H38N2SSi/c1-6-18-39(19-7-1)55(40-20-8-2-9-21-40)44-31-34-49-50-36-42(32-35-53(50)58(54(49)38-44,45-24-12-4-13-25-45)46-26-14-5-15-27-46)56(41-22-10-3-11-23-41)43-30-33-48-47-28-16-17-29-51(47)57-52(48)37-43/h1-38H. The zero-order valence-corrected chi connectivity index (χ0v) is 33.6. The summed E-state index contributed by atoms with van der Waals surface area (Å²) in [5, 5.41) is 8.20. The molecule has 0 saturated carbocycles. The average molecular weight is 775 g/mol. The predicted molar refractivity (Wildman–Crippen MR) is 251 cm³/mol. The van der Waals surface area contributed by atoms with E-state index in [0.717, 1.165) is 34.1 Å². The molecule has 0 amide bonds. The molecule has 0 aliphatic carbocycles. The Morgan fingerprint density at radius 3 is 1.34 bits per heavy atom. The first-order valence-electron chi connectivity index (χ1n) is 19.8. The number of para-hydroxylation sites is 3. The summed E-state index contributed by atoms with van der Waals surface area (Å²) < 4.78 is 2.61. The van der Waals surface area contributed by atoms with Gasteiger partial charge < -0.3 is 9.80 Å². The van der Waals surface area contributed by atoms with Crippen LogP contribution in [0.15, 0.2) is 231 Å². The lowest BCUT2D eigenvalue weighted by atomic mass is 10.0. The molecular weight excluding hydrogens is 737 g/mol. The van der Waals surface area contributed by atoms with Crippen LogP contribution in [0.3, 0.4) is 0 Å². The van der Waals surface area contributed by atoms with Crippen molar-refractivity contribution in [2.75, 3.05) is 9.80 Å². The van der Waals surface area contributed by atoms with Gasteiger partial charge in [0.15, 0.2) is 8.07 Å². The lowest BCUT2D eigenvalue weighted by Crippen LogP contribution is -2.72. The second-order valence-corrected chi connectivity index (χ2v) is 19.7. The topological polar surface area (TPSA) is 6.48 Å². The minimum absolute atomic E-state index is 1.13. The first kappa shape index (κ1) is 34.3. The van der Waals surface area contributed by atoms with Gasteiger partial charge in [0.2, 0.25) is 0 Å². The first-order chi connectivity index (χ1) is 28.8. The van der Waals surface area contributed by atoms with Gasteiger partial charge in [-0.2, -0.15) is 0 Å². The average Bonchev–Trinajstić information content (AvgIpc) is 3.81. The van der Waals surface area contributed by atoms with E-state index in [-0.39, 0.29) is 0 Å². The van der Waals surface area contributed by atoms with Crippen LogP contribution in [0.2, 0.25) is 0 Å². The van der Waals surface area contributed by atoms with Crippen molar-refractivity contribution in [1.82, 2.24) is 0 Å². The zero-order chi connectivity index (χ0) is 38.5. The molecule has 0 saturated heterocycles. The molecule has 2 nitrogen and oxygen atoms in total. The highest BCUT2D eigenvalue weighted by molar-refractivity contribution is 7.26. The third kappa shape index (κ3) is 5.53. The van der Waals surface area contributed by atoms with Gasteiger partial charge in [0.1, 0.15) is 0 Å². The van der Waals surface area contributed by atoms with E-state index in [0.29, 0.717) is 0 Å². The summed E-state index contributed by atoms with van der Waals surface area (Å²) in [4.78, 5) is 4.82. The number of rotatable bonds is 8. The minimum atomic E-state index is -2.82.